The van der Waals surface area contributed by atoms with Crippen molar-refractivity contribution >= 4 is 0 Å². The molecule has 0 aromatic heterocycles. The van der Waals surface area contributed by atoms with E-state index < -0.39 is 5.60 Å². The summed E-state index contributed by atoms with van der Waals surface area (Å²) in [5, 5.41) is 14.0. The highest BCUT2D eigenvalue weighted by Gasteiger charge is 2.30. The molecule has 1 aromatic carbocycles. The Hall–Kier alpha value is -0.900. The summed E-state index contributed by atoms with van der Waals surface area (Å²) in [6.45, 7) is 9.33. The van der Waals surface area contributed by atoms with Crippen LogP contribution in [0.25, 0.3) is 0 Å². The van der Waals surface area contributed by atoms with Crippen LogP contribution in [0.2, 0.25) is 0 Å². The summed E-state index contributed by atoms with van der Waals surface area (Å²) in [4.78, 5) is 2.40. The van der Waals surface area contributed by atoms with Gasteiger partial charge in [-0.1, -0.05) is 38.1 Å². The zero-order valence-corrected chi connectivity index (χ0v) is 12.2. The van der Waals surface area contributed by atoms with Crippen LogP contribution in [0.15, 0.2) is 24.3 Å². The maximum atomic E-state index is 10.7. The van der Waals surface area contributed by atoms with Gasteiger partial charge in [0.05, 0.1) is 5.60 Å². The molecule has 2 N–H and O–H groups in total. The highest BCUT2D eigenvalue weighted by molar-refractivity contribution is 5.27. The lowest BCUT2D eigenvalue weighted by molar-refractivity contribution is 0.00592. The third-order valence-electron chi connectivity index (χ3n) is 4.22. The molecule has 1 aliphatic heterocycles. The van der Waals surface area contributed by atoms with Crippen molar-refractivity contribution in [2.45, 2.75) is 38.8 Å². The van der Waals surface area contributed by atoms with Gasteiger partial charge in [-0.15, -0.1) is 0 Å². The van der Waals surface area contributed by atoms with Crippen LogP contribution in [-0.2, 0) is 12.1 Å². The van der Waals surface area contributed by atoms with Crippen molar-refractivity contribution in [3.05, 3.63) is 35.4 Å². The van der Waals surface area contributed by atoms with Gasteiger partial charge in [0.25, 0.3) is 0 Å². The Morgan fingerprint density at radius 3 is 2.21 bits per heavy atom. The molecule has 0 unspecified atom stereocenters. The maximum Gasteiger partial charge on any atom is 0.0920 e. The van der Waals surface area contributed by atoms with E-state index in [1.54, 1.807) is 0 Å². The first-order chi connectivity index (χ1) is 9.18. The van der Waals surface area contributed by atoms with Crippen molar-refractivity contribution in [1.82, 2.24) is 10.2 Å². The van der Waals surface area contributed by atoms with Gasteiger partial charge in [-0.2, -0.15) is 0 Å². The van der Waals surface area contributed by atoms with Crippen molar-refractivity contribution in [3.63, 3.8) is 0 Å². The van der Waals surface area contributed by atoms with Gasteiger partial charge in [0.2, 0.25) is 0 Å². The Bertz CT molecular complexity index is 378. The summed E-state index contributed by atoms with van der Waals surface area (Å²) in [6, 6.07) is 8.52. The molecule has 0 bridgehead atoms. The molecule has 0 saturated carbocycles. The predicted molar refractivity (Wildman–Crippen MR) is 79.1 cm³/mol. The van der Waals surface area contributed by atoms with Gasteiger partial charge in [0.1, 0.15) is 0 Å². The second kappa shape index (κ2) is 6.51. The van der Waals surface area contributed by atoms with Gasteiger partial charge >= 0.3 is 0 Å². The number of aliphatic hydroxyl groups is 1. The van der Waals surface area contributed by atoms with Crippen LogP contribution in [0.3, 0.4) is 0 Å². The maximum absolute atomic E-state index is 10.7. The topological polar surface area (TPSA) is 35.5 Å². The molecule has 106 valence electrons. The summed E-state index contributed by atoms with van der Waals surface area (Å²) >= 11 is 0. The van der Waals surface area contributed by atoms with E-state index in [-0.39, 0.29) is 0 Å². The molecule has 0 spiro atoms. The zero-order chi connectivity index (χ0) is 13.7. The molecule has 19 heavy (non-hydrogen) atoms. The standard InChI is InChI=1S/C16H26N2O/c1-3-18(4-2)13-14-5-7-15(8-6-14)16(19)9-11-17-12-10-16/h5-8,17,19H,3-4,9-13H2,1-2H3. The Morgan fingerprint density at radius 1 is 1.11 bits per heavy atom. The van der Waals surface area contributed by atoms with Crippen molar-refractivity contribution < 1.29 is 5.11 Å². The fourth-order valence-electron chi connectivity index (χ4n) is 2.75. The van der Waals surface area contributed by atoms with Crippen LogP contribution in [0.1, 0.15) is 37.8 Å². The van der Waals surface area contributed by atoms with Crippen molar-refractivity contribution in [2.24, 2.45) is 0 Å². The Kier molecular flexibility index (Phi) is 4.97. The summed E-state index contributed by atoms with van der Waals surface area (Å²) in [6.07, 6.45) is 1.62. The van der Waals surface area contributed by atoms with E-state index in [4.69, 9.17) is 0 Å². The van der Waals surface area contributed by atoms with Crippen LogP contribution in [0.4, 0.5) is 0 Å². The molecule has 0 aliphatic carbocycles. The summed E-state index contributed by atoms with van der Waals surface area (Å²) in [5.41, 5.74) is 1.76. The first kappa shape index (κ1) is 14.5. The van der Waals surface area contributed by atoms with Gasteiger partial charge < -0.3 is 10.4 Å². The first-order valence-corrected chi connectivity index (χ1v) is 7.43. The molecule has 1 aromatic rings. The van der Waals surface area contributed by atoms with E-state index in [1.807, 2.05) is 0 Å². The van der Waals surface area contributed by atoms with Crippen molar-refractivity contribution in [2.75, 3.05) is 26.2 Å². The average molecular weight is 262 g/mol. The molecule has 1 fully saturated rings. The molecule has 1 aliphatic rings. The minimum Gasteiger partial charge on any atom is -0.385 e. The Balaban J connectivity index is 2.05. The average Bonchev–Trinajstić information content (AvgIpc) is 2.46. The summed E-state index contributed by atoms with van der Waals surface area (Å²) in [7, 11) is 0. The van der Waals surface area contributed by atoms with Gasteiger partial charge in [0, 0.05) is 6.54 Å². The van der Waals surface area contributed by atoms with E-state index in [0.717, 1.165) is 51.1 Å². The summed E-state index contributed by atoms with van der Waals surface area (Å²) < 4.78 is 0. The Morgan fingerprint density at radius 2 is 1.68 bits per heavy atom. The molecule has 2 rings (SSSR count). The molecular formula is C16H26N2O. The molecule has 1 heterocycles. The largest absolute Gasteiger partial charge is 0.385 e. The number of hydrogen-bond acceptors (Lipinski definition) is 3. The predicted octanol–water partition coefficient (Wildman–Crippen LogP) is 2.10. The molecule has 0 radical (unpaired) electrons. The van der Waals surface area contributed by atoms with E-state index in [1.165, 1.54) is 5.56 Å². The monoisotopic (exact) mass is 262 g/mol. The molecule has 3 nitrogen and oxygen atoms in total. The lowest BCUT2D eigenvalue weighted by atomic mass is 9.85. The highest BCUT2D eigenvalue weighted by atomic mass is 16.3. The van der Waals surface area contributed by atoms with Crippen molar-refractivity contribution in [1.29, 1.82) is 0 Å². The number of nitrogens with one attached hydrogen (secondary N) is 1. The molecule has 3 heteroatoms. The van der Waals surface area contributed by atoms with E-state index in [0.29, 0.717) is 0 Å². The quantitative estimate of drug-likeness (QED) is 0.853. The number of hydrogen-bond donors (Lipinski definition) is 2. The second-order valence-electron chi connectivity index (χ2n) is 5.44. The minimum atomic E-state index is -0.626. The van der Waals surface area contributed by atoms with Crippen molar-refractivity contribution in [3.8, 4) is 0 Å². The lowest BCUT2D eigenvalue weighted by Crippen LogP contribution is -2.39. The SMILES string of the molecule is CCN(CC)Cc1ccc(C2(O)CCNCC2)cc1. The zero-order valence-electron chi connectivity index (χ0n) is 12.2. The minimum absolute atomic E-state index is 0.626. The van der Waals surface area contributed by atoms with Gasteiger partial charge in [-0.05, 0) is 50.1 Å². The first-order valence-electron chi connectivity index (χ1n) is 7.43. The van der Waals surface area contributed by atoms with Crippen LogP contribution in [0, 0.1) is 0 Å². The Labute approximate surface area is 116 Å². The molecule has 0 atom stereocenters. The van der Waals surface area contributed by atoms with E-state index in [9.17, 15) is 5.11 Å². The number of benzene rings is 1. The van der Waals surface area contributed by atoms with Crippen LogP contribution in [-0.4, -0.2) is 36.2 Å². The van der Waals surface area contributed by atoms with Crippen LogP contribution < -0.4 is 5.32 Å². The second-order valence-corrected chi connectivity index (χ2v) is 5.44. The van der Waals surface area contributed by atoms with E-state index in [2.05, 4.69) is 48.3 Å². The normalized spacial score (nSPS) is 18.7. The molecule has 1 saturated heterocycles. The number of nitrogens with zero attached hydrogens (tertiary/aromatic N) is 1. The van der Waals surface area contributed by atoms with Crippen LogP contribution >= 0.6 is 0 Å². The fourth-order valence-corrected chi connectivity index (χ4v) is 2.75. The summed E-state index contributed by atoms with van der Waals surface area (Å²) in [5.74, 6) is 0. The number of rotatable bonds is 5. The highest BCUT2D eigenvalue weighted by Crippen LogP contribution is 2.30. The molecular weight excluding hydrogens is 236 g/mol. The van der Waals surface area contributed by atoms with Gasteiger partial charge in [0.15, 0.2) is 0 Å². The lowest BCUT2D eigenvalue weighted by Gasteiger charge is -2.33. The van der Waals surface area contributed by atoms with E-state index >= 15 is 0 Å². The van der Waals surface area contributed by atoms with Gasteiger partial charge in [-0.3, -0.25) is 4.90 Å². The van der Waals surface area contributed by atoms with Gasteiger partial charge in [-0.25, -0.2) is 0 Å². The van der Waals surface area contributed by atoms with Crippen LogP contribution in [0.5, 0.6) is 0 Å². The third-order valence-corrected chi connectivity index (χ3v) is 4.22. The third kappa shape index (κ3) is 3.56. The number of piperidine rings is 1. The smallest absolute Gasteiger partial charge is 0.0920 e. The molecule has 0 amide bonds. The fraction of sp³-hybridized carbons (Fsp3) is 0.625.